The second-order valence-corrected chi connectivity index (χ2v) is 6.04. The van der Waals surface area contributed by atoms with Crippen LogP contribution in [0.3, 0.4) is 0 Å². The Balaban J connectivity index is 2.00. The number of carbonyl (C=O) groups is 2. The van der Waals surface area contributed by atoms with Crippen molar-refractivity contribution in [1.29, 1.82) is 0 Å². The Labute approximate surface area is 136 Å². The zero-order valence-corrected chi connectivity index (χ0v) is 13.6. The van der Waals surface area contributed by atoms with Crippen molar-refractivity contribution in [1.82, 2.24) is 10.2 Å². The van der Waals surface area contributed by atoms with Crippen LogP contribution in [0.1, 0.15) is 17.9 Å². The lowest BCUT2D eigenvalue weighted by atomic mass is 9.78. The quantitative estimate of drug-likeness (QED) is 0.493. The normalized spacial score (nSPS) is 23.7. The number of alkyl halides is 1. The number of hydrogen-bond acceptors (Lipinski definition) is 4. The lowest BCUT2D eigenvalue weighted by molar-refractivity contribution is -0.128. The number of hydrogen-bond donors (Lipinski definition) is 1. The highest BCUT2D eigenvalue weighted by Crippen LogP contribution is 2.33. The molecule has 1 aliphatic carbocycles. The van der Waals surface area contributed by atoms with Gasteiger partial charge in [0.1, 0.15) is 0 Å². The third kappa shape index (κ3) is 4.56. The van der Waals surface area contributed by atoms with Crippen LogP contribution in [0.5, 0.6) is 0 Å². The van der Waals surface area contributed by atoms with Crippen LogP contribution in [-0.2, 0) is 9.59 Å². The molecule has 0 spiro atoms. The molecule has 0 aliphatic heterocycles. The van der Waals surface area contributed by atoms with Crippen molar-refractivity contribution in [3.63, 3.8) is 0 Å². The van der Waals surface area contributed by atoms with Gasteiger partial charge in [-0.05, 0) is 19.7 Å². The van der Waals surface area contributed by atoms with Crippen LogP contribution >= 0.6 is 0 Å². The number of nitrogens with zero attached hydrogens (tertiary/aromatic N) is 1. The summed E-state index contributed by atoms with van der Waals surface area (Å²) in [6.45, 7) is 1.99. The largest absolute Gasteiger partial charge is 0.312 e. The Morgan fingerprint density at radius 3 is 2.61 bits per heavy atom. The summed E-state index contributed by atoms with van der Waals surface area (Å²) in [6, 6.07) is 8.92. The summed E-state index contributed by atoms with van der Waals surface area (Å²) in [4.78, 5) is 26.4. The van der Waals surface area contributed by atoms with E-state index in [2.05, 4.69) is 5.32 Å². The molecular formula is C18H23FN2O2. The van der Waals surface area contributed by atoms with E-state index in [0.717, 1.165) is 13.1 Å². The Morgan fingerprint density at radius 2 is 1.96 bits per heavy atom. The molecule has 2 rings (SSSR count). The van der Waals surface area contributed by atoms with Crippen LogP contribution in [-0.4, -0.2) is 56.4 Å². The van der Waals surface area contributed by atoms with Gasteiger partial charge in [-0.2, -0.15) is 0 Å². The molecule has 0 bridgehead atoms. The topological polar surface area (TPSA) is 49.4 Å². The summed E-state index contributed by atoms with van der Waals surface area (Å²) >= 11 is 0. The van der Waals surface area contributed by atoms with Gasteiger partial charge in [0.2, 0.25) is 5.78 Å². The highest BCUT2D eigenvalue weighted by Gasteiger charge is 2.40. The van der Waals surface area contributed by atoms with Crippen LogP contribution in [0, 0.1) is 0 Å². The monoisotopic (exact) mass is 318 g/mol. The fourth-order valence-corrected chi connectivity index (χ4v) is 2.66. The second-order valence-electron chi connectivity index (χ2n) is 6.04. The van der Waals surface area contributed by atoms with Gasteiger partial charge in [0, 0.05) is 32.0 Å². The maximum absolute atomic E-state index is 14.5. The second kappa shape index (κ2) is 8.13. The van der Waals surface area contributed by atoms with Gasteiger partial charge in [0.25, 0.3) is 0 Å². The number of benzene rings is 1. The molecule has 1 saturated carbocycles. The standard InChI is InChI=1S/C18H23FN2O2/c1-21(2)11-10-20-9-8-14-16(22)12-15(17(19)18(14)23)13-6-4-3-5-7-13/h3-8,15,17,20H,9-12H2,1-2H3/b14-8+. The van der Waals surface area contributed by atoms with E-state index in [-0.39, 0.29) is 17.8 Å². The number of likely N-dealkylation sites (N-methyl/N-ethyl adjacent to an activating group) is 1. The van der Waals surface area contributed by atoms with E-state index >= 15 is 0 Å². The zero-order valence-electron chi connectivity index (χ0n) is 13.6. The van der Waals surface area contributed by atoms with Crippen LogP contribution in [0.4, 0.5) is 4.39 Å². The molecule has 5 heteroatoms. The first-order valence-corrected chi connectivity index (χ1v) is 7.82. The Morgan fingerprint density at radius 1 is 1.26 bits per heavy atom. The molecule has 0 radical (unpaired) electrons. The van der Waals surface area contributed by atoms with E-state index in [1.807, 2.05) is 25.1 Å². The molecule has 1 fully saturated rings. The van der Waals surface area contributed by atoms with E-state index in [9.17, 15) is 14.0 Å². The van der Waals surface area contributed by atoms with Gasteiger partial charge < -0.3 is 10.2 Å². The molecule has 124 valence electrons. The molecule has 0 saturated heterocycles. The maximum atomic E-state index is 14.5. The van der Waals surface area contributed by atoms with Crippen molar-refractivity contribution >= 4 is 11.6 Å². The lowest BCUT2D eigenvalue weighted by Gasteiger charge is -2.26. The van der Waals surface area contributed by atoms with Gasteiger partial charge in [-0.3, -0.25) is 9.59 Å². The predicted octanol–water partition coefficient (Wildman–Crippen LogP) is 1.73. The van der Waals surface area contributed by atoms with Crippen molar-refractivity contribution in [3.05, 3.63) is 47.5 Å². The number of nitrogens with one attached hydrogen (secondary N) is 1. The lowest BCUT2D eigenvalue weighted by Crippen LogP contribution is -2.36. The molecule has 2 atom stereocenters. The van der Waals surface area contributed by atoms with Crippen LogP contribution in [0.25, 0.3) is 0 Å². The van der Waals surface area contributed by atoms with Gasteiger partial charge in [0.15, 0.2) is 12.0 Å². The molecule has 23 heavy (non-hydrogen) atoms. The van der Waals surface area contributed by atoms with E-state index in [1.165, 1.54) is 6.08 Å². The van der Waals surface area contributed by atoms with Crippen molar-refractivity contribution in [2.24, 2.45) is 0 Å². The summed E-state index contributed by atoms with van der Waals surface area (Å²) in [5, 5.41) is 3.12. The van der Waals surface area contributed by atoms with E-state index in [1.54, 1.807) is 24.3 Å². The number of ketones is 2. The summed E-state index contributed by atoms with van der Waals surface area (Å²) in [5.41, 5.74) is 0.701. The highest BCUT2D eigenvalue weighted by molar-refractivity contribution is 6.24. The third-order valence-corrected chi connectivity index (χ3v) is 3.99. The first-order valence-electron chi connectivity index (χ1n) is 7.82. The Kier molecular flexibility index (Phi) is 6.19. The molecule has 0 aromatic heterocycles. The minimum absolute atomic E-state index is 0.00188. The maximum Gasteiger partial charge on any atom is 0.200 e. The van der Waals surface area contributed by atoms with Gasteiger partial charge in [0.05, 0.1) is 5.57 Å². The van der Waals surface area contributed by atoms with Crippen molar-refractivity contribution in [2.45, 2.75) is 18.5 Å². The molecule has 0 amide bonds. The van der Waals surface area contributed by atoms with Crippen LogP contribution in [0.15, 0.2) is 42.0 Å². The zero-order chi connectivity index (χ0) is 16.8. The third-order valence-electron chi connectivity index (χ3n) is 3.99. The van der Waals surface area contributed by atoms with Crippen molar-refractivity contribution < 1.29 is 14.0 Å². The van der Waals surface area contributed by atoms with Gasteiger partial charge in [-0.15, -0.1) is 0 Å². The molecule has 1 aliphatic rings. The molecule has 1 aromatic rings. The number of allylic oxidation sites excluding steroid dienone is 1. The Bertz CT molecular complexity index is 584. The molecule has 1 N–H and O–H groups in total. The number of Topliss-reactive ketones (excluding diaryl/α,β-unsaturated/α-hetero) is 2. The molecule has 1 aromatic carbocycles. The minimum atomic E-state index is -1.65. The predicted molar refractivity (Wildman–Crippen MR) is 88.2 cm³/mol. The van der Waals surface area contributed by atoms with Crippen molar-refractivity contribution in [2.75, 3.05) is 33.7 Å². The average Bonchev–Trinajstić information content (AvgIpc) is 2.54. The Hall–Kier alpha value is -1.85. The van der Waals surface area contributed by atoms with Gasteiger partial charge in [-0.1, -0.05) is 36.4 Å². The summed E-state index contributed by atoms with van der Waals surface area (Å²) in [6.07, 6.45) is -0.0858. The first kappa shape index (κ1) is 17.5. The number of halogens is 1. The minimum Gasteiger partial charge on any atom is -0.312 e. The molecule has 2 unspecified atom stereocenters. The van der Waals surface area contributed by atoms with Crippen molar-refractivity contribution in [3.8, 4) is 0 Å². The van der Waals surface area contributed by atoms with Crippen LogP contribution < -0.4 is 5.32 Å². The molecular weight excluding hydrogens is 295 g/mol. The summed E-state index contributed by atoms with van der Waals surface area (Å²) in [7, 11) is 3.93. The average molecular weight is 318 g/mol. The van der Waals surface area contributed by atoms with E-state index in [4.69, 9.17) is 0 Å². The van der Waals surface area contributed by atoms with Gasteiger partial charge in [-0.25, -0.2) is 4.39 Å². The highest BCUT2D eigenvalue weighted by atomic mass is 19.1. The molecule has 4 nitrogen and oxygen atoms in total. The first-order chi connectivity index (χ1) is 11.0. The summed E-state index contributed by atoms with van der Waals surface area (Å²) in [5.74, 6) is -1.63. The fourth-order valence-electron chi connectivity index (χ4n) is 2.66. The SMILES string of the molecule is CN(C)CCNC/C=C1\C(=O)CC(c2ccccc2)C(F)C1=O. The van der Waals surface area contributed by atoms with Gasteiger partial charge >= 0.3 is 0 Å². The van der Waals surface area contributed by atoms with E-state index < -0.39 is 17.9 Å². The van der Waals surface area contributed by atoms with E-state index in [0.29, 0.717) is 12.1 Å². The number of rotatable bonds is 6. The fraction of sp³-hybridized carbons (Fsp3) is 0.444. The summed E-state index contributed by atoms with van der Waals surface area (Å²) < 4.78 is 14.5. The molecule has 0 heterocycles. The smallest absolute Gasteiger partial charge is 0.200 e. The van der Waals surface area contributed by atoms with Crippen LogP contribution in [0.2, 0.25) is 0 Å². The number of carbonyl (C=O) groups excluding carboxylic acids is 2.